The molecule has 10 heteroatoms. The summed E-state index contributed by atoms with van der Waals surface area (Å²) in [7, 11) is 0. The summed E-state index contributed by atoms with van der Waals surface area (Å²) in [4.78, 5) is 14.7. The first kappa shape index (κ1) is 38.3. The second kappa shape index (κ2) is 14.2. The Labute approximate surface area is 383 Å². The van der Waals surface area contributed by atoms with Gasteiger partial charge in [0.15, 0.2) is 17.5 Å². The molecule has 0 atom stereocenters. The summed E-state index contributed by atoms with van der Waals surface area (Å²) in [6, 6.07) is 60.8. The van der Waals surface area contributed by atoms with E-state index < -0.39 is 11.7 Å². The molecule has 68 heavy (non-hydrogen) atoms. The van der Waals surface area contributed by atoms with E-state index in [1.807, 2.05) is 158 Å². The molecule has 14 aromatic rings. The number of hydrogen-bond acceptors (Lipinski definition) is 5. The monoisotopic (exact) mass is 887 g/mol. The molecule has 0 saturated carbocycles. The smallest absolute Gasteiger partial charge is 0.418 e. The predicted octanol–water partition coefficient (Wildman–Crippen LogP) is 15.9. The highest BCUT2D eigenvalue weighted by Gasteiger charge is 2.40. The van der Waals surface area contributed by atoms with Crippen molar-refractivity contribution in [2.45, 2.75) is 6.18 Å². The molecule has 9 aromatic carbocycles. The maximum absolute atomic E-state index is 16.7. The largest absolute Gasteiger partial charge is 0.455 e. The average molecular weight is 888 g/mol. The molecule has 0 amide bonds. The summed E-state index contributed by atoms with van der Waals surface area (Å²) < 4.78 is 67.9. The Morgan fingerprint density at radius 2 is 0.838 bits per heavy atom. The average Bonchev–Trinajstić information content (AvgIpc) is 4.14. The van der Waals surface area contributed by atoms with Gasteiger partial charge in [-0.1, -0.05) is 152 Å². The van der Waals surface area contributed by atoms with Gasteiger partial charge in [0.05, 0.1) is 55.0 Å². The number of furan rings is 2. The third kappa shape index (κ3) is 5.45. The van der Waals surface area contributed by atoms with Gasteiger partial charge in [0, 0.05) is 43.7 Å². The Kier molecular flexibility index (Phi) is 8.01. The van der Waals surface area contributed by atoms with Crippen LogP contribution in [0.3, 0.4) is 0 Å². The normalized spacial score (nSPS) is 12.3. The molecule has 0 bridgehead atoms. The number of alkyl halides is 3. The minimum absolute atomic E-state index is 0.0401. The molecule has 0 spiro atoms. The fraction of sp³-hybridized carbons (Fsp3) is 0.0172. The molecule has 0 aliphatic rings. The van der Waals surface area contributed by atoms with E-state index in [0.29, 0.717) is 61.3 Å². The number of aromatic nitrogens is 5. The molecule has 322 valence electrons. The van der Waals surface area contributed by atoms with Gasteiger partial charge >= 0.3 is 6.18 Å². The summed E-state index contributed by atoms with van der Waals surface area (Å²) >= 11 is 0. The van der Waals surface area contributed by atoms with Gasteiger partial charge in [0.25, 0.3) is 0 Å². The van der Waals surface area contributed by atoms with Gasteiger partial charge in [0.2, 0.25) is 0 Å². The third-order valence-electron chi connectivity index (χ3n) is 13.1. The van der Waals surface area contributed by atoms with E-state index in [1.54, 1.807) is 10.6 Å². The minimum Gasteiger partial charge on any atom is -0.455 e. The van der Waals surface area contributed by atoms with Crippen LogP contribution in [0.5, 0.6) is 0 Å². The fourth-order valence-electron chi connectivity index (χ4n) is 10.4. The van der Waals surface area contributed by atoms with Crippen molar-refractivity contribution >= 4 is 87.5 Å². The Hall–Kier alpha value is -9.02. The summed E-state index contributed by atoms with van der Waals surface area (Å²) in [5, 5.41) is 5.63. The standard InChI is InChI=1S/C58H32F3N5O2/c59-58(60,61)41-32-40(57-63-55(33-18-4-1-5-19-33)62-56(64-57)34-20-6-2-7-21-34)53-48(38-26-12-16-30-44(38)67-53)50(41)66-43-29-15-11-25-37(43)47-52(66)46-36-24-10-14-28-42(36)65(35-22-8-3-9-23-35)51(46)49-39-27-13-17-31-45(39)68-54(47)49/h1-32H. The van der Waals surface area contributed by atoms with Crippen molar-refractivity contribution in [2.75, 3.05) is 0 Å². The van der Waals surface area contributed by atoms with Crippen LogP contribution in [0.4, 0.5) is 13.2 Å². The predicted molar refractivity (Wildman–Crippen MR) is 264 cm³/mol. The van der Waals surface area contributed by atoms with Gasteiger partial charge < -0.3 is 18.0 Å². The molecule has 14 rings (SSSR count). The second-order valence-electron chi connectivity index (χ2n) is 16.9. The van der Waals surface area contributed by atoms with Crippen LogP contribution in [-0.4, -0.2) is 24.1 Å². The molecule has 0 N–H and O–H groups in total. The van der Waals surface area contributed by atoms with Crippen LogP contribution in [-0.2, 0) is 6.18 Å². The van der Waals surface area contributed by atoms with Crippen molar-refractivity contribution in [3.05, 3.63) is 200 Å². The molecule has 7 nitrogen and oxygen atoms in total. The lowest BCUT2D eigenvalue weighted by molar-refractivity contribution is -0.137. The van der Waals surface area contributed by atoms with E-state index in [0.717, 1.165) is 49.7 Å². The lowest BCUT2D eigenvalue weighted by atomic mass is 9.99. The lowest BCUT2D eigenvalue weighted by Gasteiger charge is -2.19. The Balaban J connectivity index is 1.21. The maximum atomic E-state index is 16.7. The number of benzene rings is 9. The lowest BCUT2D eigenvalue weighted by Crippen LogP contribution is -2.12. The highest BCUT2D eigenvalue weighted by Crippen LogP contribution is 2.53. The van der Waals surface area contributed by atoms with Gasteiger partial charge in [-0.15, -0.1) is 0 Å². The van der Waals surface area contributed by atoms with Crippen LogP contribution >= 0.6 is 0 Å². The molecule has 0 saturated heterocycles. The van der Waals surface area contributed by atoms with Crippen molar-refractivity contribution < 1.29 is 22.0 Å². The SMILES string of the molecule is FC(F)(F)c1cc(-c2nc(-c3ccccc3)nc(-c3ccccc3)n2)c2oc3ccccc3c2c1-n1c2ccccc2c2c3oc4ccccc4c3c3c(c4ccccc4n3-c3ccccc3)c21. The number of nitrogens with zero attached hydrogens (tertiary/aromatic N) is 5. The quantitative estimate of drug-likeness (QED) is 0.172. The molecule has 0 fully saturated rings. The Bertz CT molecular complexity index is 4300. The van der Waals surface area contributed by atoms with Crippen LogP contribution in [0.25, 0.3) is 133 Å². The van der Waals surface area contributed by atoms with E-state index in [4.69, 9.17) is 23.8 Å². The highest BCUT2D eigenvalue weighted by atomic mass is 19.4. The second-order valence-corrected chi connectivity index (χ2v) is 16.9. The maximum Gasteiger partial charge on any atom is 0.418 e. The first-order valence-electron chi connectivity index (χ1n) is 22.2. The topological polar surface area (TPSA) is 74.8 Å². The number of hydrogen-bond donors (Lipinski definition) is 0. The molecular weight excluding hydrogens is 856 g/mol. The fourth-order valence-corrected chi connectivity index (χ4v) is 10.4. The third-order valence-corrected chi connectivity index (χ3v) is 13.1. The molecular formula is C58H32F3N5O2. The van der Waals surface area contributed by atoms with Crippen LogP contribution in [0.15, 0.2) is 203 Å². The van der Waals surface area contributed by atoms with Crippen LogP contribution < -0.4 is 0 Å². The van der Waals surface area contributed by atoms with E-state index in [1.165, 1.54) is 0 Å². The molecule has 0 unspecified atom stereocenters. The van der Waals surface area contributed by atoms with Crippen LogP contribution in [0, 0.1) is 0 Å². The number of halogens is 3. The molecule has 0 aliphatic heterocycles. The zero-order chi connectivity index (χ0) is 45.3. The first-order valence-corrected chi connectivity index (χ1v) is 22.2. The zero-order valence-corrected chi connectivity index (χ0v) is 35.7. The van der Waals surface area contributed by atoms with E-state index in [-0.39, 0.29) is 28.0 Å². The van der Waals surface area contributed by atoms with Gasteiger partial charge in [-0.2, -0.15) is 13.2 Å². The van der Waals surface area contributed by atoms with Crippen LogP contribution in [0.2, 0.25) is 0 Å². The molecule has 0 radical (unpaired) electrons. The molecule has 5 aromatic heterocycles. The summed E-state index contributed by atoms with van der Waals surface area (Å²) in [6.07, 6.45) is -4.90. The van der Waals surface area contributed by atoms with Gasteiger partial charge in [-0.25, -0.2) is 15.0 Å². The summed E-state index contributed by atoms with van der Waals surface area (Å²) in [6.45, 7) is 0. The zero-order valence-electron chi connectivity index (χ0n) is 35.7. The highest BCUT2D eigenvalue weighted by molar-refractivity contribution is 6.39. The van der Waals surface area contributed by atoms with Crippen molar-refractivity contribution in [3.63, 3.8) is 0 Å². The number of para-hydroxylation sites is 5. The molecule has 0 aliphatic carbocycles. The first-order chi connectivity index (χ1) is 33.4. The minimum atomic E-state index is -4.90. The van der Waals surface area contributed by atoms with Crippen molar-refractivity contribution in [1.82, 2.24) is 24.1 Å². The summed E-state index contributed by atoms with van der Waals surface area (Å²) in [5.41, 5.74) is 6.10. The van der Waals surface area contributed by atoms with E-state index in [9.17, 15) is 0 Å². The van der Waals surface area contributed by atoms with Crippen molar-refractivity contribution in [3.8, 4) is 45.5 Å². The van der Waals surface area contributed by atoms with Gasteiger partial charge in [0.1, 0.15) is 22.3 Å². The molecule has 5 heterocycles. The van der Waals surface area contributed by atoms with Gasteiger partial charge in [-0.05, 0) is 42.5 Å². The van der Waals surface area contributed by atoms with Gasteiger partial charge in [-0.3, -0.25) is 0 Å². The number of rotatable bonds is 5. The van der Waals surface area contributed by atoms with Crippen molar-refractivity contribution in [1.29, 1.82) is 0 Å². The summed E-state index contributed by atoms with van der Waals surface area (Å²) in [5.74, 6) is 0.662. The number of fused-ring (bicyclic) bond motifs is 15. The van der Waals surface area contributed by atoms with Crippen molar-refractivity contribution in [2.24, 2.45) is 0 Å². The van der Waals surface area contributed by atoms with Crippen LogP contribution in [0.1, 0.15) is 5.56 Å². The Morgan fingerprint density at radius 1 is 0.397 bits per heavy atom. The Morgan fingerprint density at radius 3 is 1.44 bits per heavy atom. The van der Waals surface area contributed by atoms with E-state index >= 15 is 13.2 Å². The van der Waals surface area contributed by atoms with E-state index in [2.05, 4.69) is 28.8 Å².